The second kappa shape index (κ2) is 6.40. The van der Waals surface area contributed by atoms with Gasteiger partial charge in [-0.3, -0.25) is 0 Å². The number of benzene rings is 1. The van der Waals surface area contributed by atoms with Gasteiger partial charge < -0.3 is 15.0 Å². The van der Waals surface area contributed by atoms with Crippen LogP contribution in [0.25, 0.3) is 0 Å². The molecule has 2 heterocycles. The van der Waals surface area contributed by atoms with E-state index in [0.717, 1.165) is 30.8 Å². The molecule has 4 nitrogen and oxygen atoms in total. The summed E-state index contributed by atoms with van der Waals surface area (Å²) in [5.74, 6) is 0.783. The maximum atomic E-state index is 12.6. The highest BCUT2D eigenvalue weighted by Crippen LogP contribution is 2.35. The monoisotopic (exact) mass is 316 g/mol. The summed E-state index contributed by atoms with van der Waals surface area (Å²) < 4.78 is 5.13. The van der Waals surface area contributed by atoms with Gasteiger partial charge in [0.15, 0.2) is 0 Å². The van der Waals surface area contributed by atoms with Gasteiger partial charge in [-0.25, -0.2) is 4.79 Å². The Morgan fingerprint density at radius 1 is 1.36 bits per heavy atom. The number of fused-ring (bicyclic) bond motifs is 1. The van der Waals surface area contributed by atoms with Gasteiger partial charge in [0, 0.05) is 17.1 Å². The van der Waals surface area contributed by atoms with Crippen molar-refractivity contribution < 1.29 is 9.53 Å². The number of amides is 2. The standard InChI is InChI=1S/C17H20N2O2S/c1-3-15-14-9-11-22-16(14)8-10-19(15)17(20)18-12-4-6-13(21-2)7-5-12/h4-7,9,11,15H,3,8,10H2,1-2H3,(H,18,20)/t15-/m1/s1. The third kappa shape index (κ3) is 2.81. The molecule has 1 aromatic heterocycles. The molecule has 0 spiro atoms. The molecule has 0 radical (unpaired) electrons. The smallest absolute Gasteiger partial charge is 0.322 e. The Kier molecular flexibility index (Phi) is 4.34. The largest absolute Gasteiger partial charge is 0.497 e. The van der Waals surface area contributed by atoms with Crippen LogP contribution >= 0.6 is 11.3 Å². The van der Waals surface area contributed by atoms with E-state index in [0.29, 0.717) is 0 Å². The first kappa shape index (κ1) is 14.9. The summed E-state index contributed by atoms with van der Waals surface area (Å²) in [6.45, 7) is 2.90. The van der Waals surface area contributed by atoms with Gasteiger partial charge >= 0.3 is 6.03 Å². The van der Waals surface area contributed by atoms with E-state index >= 15 is 0 Å². The zero-order valence-corrected chi connectivity index (χ0v) is 13.7. The van der Waals surface area contributed by atoms with Crippen LogP contribution in [0.2, 0.25) is 0 Å². The maximum Gasteiger partial charge on any atom is 0.322 e. The lowest BCUT2D eigenvalue weighted by atomic mass is 9.98. The zero-order valence-electron chi connectivity index (χ0n) is 12.8. The van der Waals surface area contributed by atoms with Crippen LogP contribution < -0.4 is 10.1 Å². The molecule has 0 aliphatic carbocycles. The van der Waals surface area contributed by atoms with Gasteiger partial charge in [-0.15, -0.1) is 11.3 Å². The number of carbonyl (C=O) groups excluding carboxylic acids is 1. The number of methoxy groups -OCH3 is 1. The second-order valence-corrected chi connectivity index (χ2v) is 6.33. The van der Waals surface area contributed by atoms with Crippen LogP contribution in [0.1, 0.15) is 29.8 Å². The Hall–Kier alpha value is -2.01. The number of ether oxygens (including phenoxy) is 1. The van der Waals surface area contributed by atoms with Crippen molar-refractivity contribution in [1.82, 2.24) is 4.90 Å². The van der Waals surface area contributed by atoms with Gasteiger partial charge in [-0.2, -0.15) is 0 Å². The van der Waals surface area contributed by atoms with E-state index in [9.17, 15) is 4.79 Å². The SMILES string of the molecule is CC[C@@H]1c2ccsc2CCN1C(=O)Nc1ccc(OC)cc1. The Morgan fingerprint density at radius 3 is 2.82 bits per heavy atom. The third-order valence-corrected chi connectivity index (χ3v) is 5.08. The van der Waals surface area contributed by atoms with Crippen molar-refractivity contribution in [3.05, 3.63) is 46.2 Å². The minimum absolute atomic E-state index is 0.0335. The van der Waals surface area contributed by atoms with Gasteiger partial charge in [0.05, 0.1) is 13.2 Å². The summed E-state index contributed by atoms with van der Waals surface area (Å²) in [6, 6.07) is 9.71. The number of hydrogen-bond acceptors (Lipinski definition) is 3. The van der Waals surface area contributed by atoms with Crippen molar-refractivity contribution in [2.45, 2.75) is 25.8 Å². The molecule has 0 unspecified atom stereocenters. The molecule has 0 fully saturated rings. The van der Waals surface area contributed by atoms with E-state index in [-0.39, 0.29) is 12.1 Å². The fourth-order valence-electron chi connectivity index (χ4n) is 2.95. The van der Waals surface area contributed by atoms with E-state index in [4.69, 9.17) is 4.74 Å². The molecule has 116 valence electrons. The molecule has 1 atom stereocenters. The van der Waals surface area contributed by atoms with Gasteiger partial charge in [-0.1, -0.05) is 6.92 Å². The van der Waals surface area contributed by atoms with Crippen LogP contribution in [0.15, 0.2) is 35.7 Å². The predicted molar refractivity (Wildman–Crippen MR) is 89.8 cm³/mol. The van der Waals surface area contributed by atoms with Crippen LogP contribution in [0, 0.1) is 0 Å². The first-order valence-corrected chi connectivity index (χ1v) is 8.38. The lowest BCUT2D eigenvalue weighted by molar-refractivity contribution is 0.181. The number of carbonyl (C=O) groups is 1. The van der Waals surface area contributed by atoms with Crippen LogP contribution in [-0.4, -0.2) is 24.6 Å². The van der Waals surface area contributed by atoms with Crippen molar-refractivity contribution in [2.24, 2.45) is 0 Å². The van der Waals surface area contributed by atoms with Gasteiger partial charge in [-0.05, 0) is 54.1 Å². The maximum absolute atomic E-state index is 12.6. The number of urea groups is 1. The van der Waals surface area contributed by atoms with E-state index in [1.165, 1.54) is 10.4 Å². The average molecular weight is 316 g/mol. The Balaban J connectivity index is 1.74. The molecule has 0 bridgehead atoms. The van der Waals surface area contributed by atoms with E-state index in [2.05, 4.69) is 23.7 Å². The first-order chi connectivity index (χ1) is 10.7. The highest BCUT2D eigenvalue weighted by atomic mass is 32.1. The molecule has 5 heteroatoms. The Labute approximate surface area is 134 Å². The molecule has 22 heavy (non-hydrogen) atoms. The van der Waals surface area contributed by atoms with Crippen molar-refractivity contribution in [2.75, 3.05) is 19.0 Å². The van der Waals surface area contributed by atoms with Crippen LogP contribution in [0.3, 0.4) is 0 Å². The third-order valence-electron chi connectivity index (χ3n) is 4.08. The zero-order chi connectivity index (χ0) is 15.5. The second-order valence-electron chi connectivity index (χ2n) is 5.33. The summed E-state index contributed by atoms with van der Waals surface area (Å²) in [7, 11) is 1.63. The summed E-state index contributed by atoms with van der Waals surface area (Å²) in [6.07, 6.45) is 1.87. The lowest BCUT2D eigenvalue weighted by Crippen LogP contribution is -2.41. The molecular weight excluding hydrogens is 296 g/mol. The number of hydrogen-bond donors (Lipinski definition) is 1. The minimum Gasteiger partial charge on any atom is -0.497 e. The Morgan fingerprint density at radius 2 is 2.14 bits per heavy atom. The highest BCUT2D eigenvalue weighted by Gasteiger charge is 2.30. The van der Waals surface area contributed by atoms with Gasteiger partial charge in [0.25, 0.3) is 0 Å². The van der Waals surface area contributed by atoms with E-state index < -0.39 is 0 Å². The number of thiophene rings is 1. The van der Waals surface area contributed by atoms with E-state index in [1.54, 1.807) is 18.4 Å². The molecular formula is C17H20N2O2S. The number of anilines is 1. The van der Waals surface area contributed by atoms with Gasteiger partial charge in [0.2, 0.25) is 0 Å². The molecule has 0 saturated carbocycles. The fraction of sp³-hybridized carbons (Fsp3) is 0.353. The van der Waals surface area contributed by atoms with Crippen molar-refractivity contribution in [3.8, 4) is 5.75 Å². The van der Waals surface area contributed by atoms with Gasteiger partial charge in [0.1, 0.15) is 5.75 Å². The molecule has 1 aliphatic heterocycles. The predicted octanol–water partition coefficient (Wildman–Crippen LogP) is 4.30. The van der Waals surface area contributed by atoms with Crippen molar-refractivity contribution in [1.29, 1.82) is 0 Å². The quantitative estimate of drug-likeness (QED) is 0.917. The van der Waals surface area contributed by atoms with Crippen molar-refractivity contribution >= 4 is 23.1 Å². The number of nitrogens with zero attached hydrogens (tertiary/aromatic N) is 1. The molecule has 3 rings (SSSR count). The molecule has 2 aromatic rings. The summed E-state index contributed by atoms with van der Waals surface area (Å²) in [4.78, 5) is 16.0. The number of rotatable bonds is 3. The van der Waals surface area contributed by atoms with Crippen molar-refractivity contribution in [3.63, 3.8) is 0 Å². The van der Waals surface area contributed by atoms with Crippen LogP contribution in [0.5, 0.6) is 5.75 Å². The molecule has 1 N–H and O–H groups in total. The molecule has 1 aromatic carbocycles. The lowest BCUT2D eigenvalue weighted by Gasteiger charge is -2.35. The molecule has 2 amide bonds. The average Bonchev–Trinajstić information content (AvgIpc) is 3.03. The van der Waals surface area contributed by atoms with E-state index in [1.807, 2.05) is 29.2 Å². The van der Waals surface area contributed by atoms with Crippen LogP contribution in [-0.2, 0) is 6.42 Å². The fourth-order valence-corrected chi connectivity index (χ4v) is 3.88. The number of nitrogens with one attached hydrogen (secondary N) is 1. The topological polar surface area (TPSA) is 41.6 Å². The minimum atomic E-state index is -0.0335. The summed E-state index contributed by atoms with van der Waals surface area (Å²) in [5, 5.41) is 5.11. The Bertz CT molecular complexity index is 651. The summed E-state index contributed by atoms with van der Waals surface area (Å²) in [5.41, 5.74) is 2.10. The summed E-state index contributed by atoms with van der Waals surface area (Å²) >= 11 is 1.79. The highest BCUT2D eigenvalue weighted by molar-refractivity contribution is 7.10. The molecule has 1 aliphatic rings. The van der Waals surface area contributed by atoms with Crippen LogP contribution in [0.4, 0.5) is 10.5 Å². The normalized spacial score (nSPS) is 17.0. The molecule has 0 saturated heterocycles. The first-order valence-electron chi connectivity index (χ1n) is 7.51.